The van der Waals surface area contributed by atoms with E-state index in [2.05, 4.69) is 18.7 Å². The lowest BCUT2D eigenvalue weighted by atomic mass is 10.4. The van der Waals surface area contributed by atoms with Crippen molar-refractivity contribution < 1.29 is 9.90 Å². The summed E-state index contributed by atoms with van der Waals surface area (Å²) in [6, 6.07) is 0. The molecule has 88 valence electrons. The molecule has 0 aromatic carbocycles. The molecule has 0 aromatic rings. The molecule has 0 rings (SSSR count). The predicted octanol–water partition coefficient (Wildman–Crippen LogP) is 1.78. The van der Waals surface area contributed by atoms with E-state index in [0.717, 1.165) is 19.6 Å². The number of nitrogens with zero attached hydrogens (tertiary/aromatic N) is 2. The molecule has 1 N–H and O–H groups in total. The Bertz CT molecular complexity index is 143. The number of rotatable bonds is 5. The van der Waals surface area contributed by atoms with Gasteiger partial charge in [-0.1, -0.05) is 13.8 Å². The van der Waals surface area contributed by atoms with Crippen LogP contribution in [0.4, 0.5) is 4.79 Å². The Balaban J connectivity index is -0.000000605. The van der Waals surface area contributed by atoms with E-state index in [1.165, 1.54) is 4.90 Å². The highest BCUT2D eigenvalue weighted by molar-refractivity contribution is 5.85. The molecule has 0 saturated heterocycles. The number of likely N-dealkylation sites (N-methyl/N-ethyl adjacent to an activating group) is 2. The largest absolute Gasteiger partial charge is 0.465 e. The van der Waals surface area contributed by atoms with Crippen LogP contribution in [0.25, 0.3) is 0 Å². The van der Waals surface area contributed by atoms with Crippen LogP contribution < -0.4 is 0 Å². The Morgan fingerprint density at radius 1 is 1.14 bits per heavy atom. The van der Waals surface area contributed by atoms with Gasteiger partial charge >= 0.3 is 6.09 Å². The molecule has 0 saturated carbocycles. The fourth-order valence-corrected chi connectivity index (χ4v) is 0.927. The Kier molecular flexibility index (Phi) is 15.1. The van der Waals surface area contributed by atoms with Gasteiger partial charge in [-0.2, -0.15) is 0 Å². The molecule has 0 atom stereocenters. The Morgan fingerprint density at radius 2 is 1.57 bits per heavy atom. The lowest BCUT2D eigenvalue weighted by molar-refractivity contribution is 0.149. The van der Waals surface area contributed by atoms with Crippen molar-refractivity contribution in [3.05, 3.63) is 0 Å². The normalized spacial score (nSPS) is 8.86. The van der Waals surface area contributed by atoms with Gasteiger partial charge in [0.1, 0.15) is 0 Å². The van der Waals surface area contributed by atoms with E-state index in [4.69, 9.17) is 5.11 Å². The van der Waals surface area contributed by atoms with Crippen molar-refractivity contribution in [1.29, 1.82) is 0 Å². The van der Waals surface area contributed by atoms with Gasteiger partial charge in [0.05, 0.1) is 0 Å². The van der Waals surface area contributed by atoms with Crippen LogP contribution in [0.3, 0.4) is 0 Å². The molecule has 0 spiro atoms. The number of hydrogen-bond acceptors (Lipinski definition) is 2. The summed E-state index contributed by atoms with van der Waals surface area (Å²) in [5.74, 6) is 0. The predicted molar refractivity (Wildman–Crippen MR) is 62.9 cm³/mol. The Hall–Kier alpha value is -0.190. The summed E-state index contributed by atoms with van der Waals surface area (Å²) >= 11 is 0. The average molecular weight is 247 g/mol. The highest BCUT2D eigenvalue weighted by Crippen LogP contribution is 1.89. The van der Waals surface area contributed by atoms with Crippen molar-refractivity contribution in [2.75, 3.05) is 33.2 Å². The van der Waals surface area contributed by atoms with Crippen LogP contribution in [-0.2, 0) is 0 Å². The highest BCUT2D eigenvalue weighted by Gasteiger charge is 2.06. The van der Waals surface area contributed by atoms with Gasteiger partial charge in [-0.3, -0.25) is 0 Å². The molecule has 0 bridgehead atoms. The number of carbonyl (C=O) groups is 1. The standard InChI is InChI=1S/C8H18N2O2.2ClH/c1-4-10(5-2)7-6-9(3)8(11)12;;/h4-7H2,1-3H3,(H,11,12);2*1H. The minimum atomic E-state index is -0.859. The van der Waals surface area contributed by atoms with Crippen LogP contribution in [0.1, 0.15) is 13.8 Å². The number of carboxylic acid groups (broad SMARTS) is 1. The lowest BCUT2D eigenvalue weighted by Gasteiger charge is -2.21. The number of halogens is 2. The SMILES string of the molecule is CCN(CC)CCN(C)C(=O)O.Cl.Cl. The first-order valence-corrected chi connectivity index (χ1v) is 4.28. The van der Waals surface area contributed by atoms with Crippen molar-refractivity contribution in [2.45, 2.75) is 13.8 Å². The summed E-state index contributed by atoms with van der Waals surface area (Å²) in [5.41, 5.74) is 0. The van der Waals surface area contributed by atoms with E-state index < -0.39 is 6.09 Å². The minimum absolute atomic E-state index is 0. The van der Waals surface area contributed by atoms with Crippen LogP contribution in [0.5, 0.6) is 0 Å². The molecule has 0 radical (unpaired) electrons. The van der Waals surface area contributed by atoms with E-state index in [1.54, 1.807) is 7.05 Å². The van der Waals surface area contributed by atoms with Crippen LogP contribution in [0.15, 0.2) is 0 Å². The average Bonchev–Trinajstić information content (AvgIpc) is 2.05. The molecule has 4 nitrogen and oxygen atoms in total. The Labute approximate surface area is 98.1 Å². The second-order valence-electron chi connectivity index (χ2n) is 2.73. The fraction of sp³-hybridized carbons (Fsp3) is 0.875. The first-order valence-electron chi connectivity index (χ1n) is 4.28. The first kappa shape index (κ1) is 19.4. The van der Waals surface area contributed by atoms with Gasteiger partial charge in [0.15, 0.2) is 0 Å². The summed E-state index contributed by atoms with van der Waals surface area (Å²) < 4.78 is 0. The third kappa shape index (κ3) is 8.41. The monoisotopic (exact) mass is 246 g/mol. The van der Waals surface area contributed by atoms with Gasteiger partial charge < -0.3 is 14.9 Å². The van der Waals surface area contributed by atoms with Gasteiger partial charge in [-0.05, 0) is 13.1 Å². The molecule has 0 aliphatic rings. The maximum absolute atomic E-state index is 10.4. The summed E-state index contributed by atoms with van der Waals surface area (Å²) in [6.07, 6.45) is -0.859. The van der Waals surface area contributed by atoms with Crippen LogP contribution in [0.2, 0.25) is 0 Å². The van der Waals surface area contributed by atoms with Crippen molar-refractivity contribution in [1.82, 2.24) is 9.80 Å². The molecule has 0 fully saturated rings. The molecule has 0 aliphatic heterocycles. The van der Waals surface area contributed by atoms with Gasteiger partial charge in [0, 0.05) is 20.1 Å². The number of amides is 1. The zero-order valence-corrected chi connectivity index (χ0v) is 10.5. The third-order valence-corrected chi connectivity index (χ3v) is 1.97. The second-order valence-corrected chi connectivity index (χ2v) is 2.73. The molecule has 0 unspecified atom stereocenters. The van der Waals surface area contributed by atoms with Crippen molar-refractivity contribution in [3.63, 3.8) is 0 Å². The topological polar surface area (TPSA) is 43.8 Å². The molecular formula is C8H20Cl2N2O2. The van der Waals surface area contributed by atoms with Gasteiger partial charge in [0.2, 0.25) is 0 Å². The van der Waals surface area contributed by atoms with Gasteiger partial charge in [0.25, 0.3) is 0 Å². The van der Waals surface area contributed by atoms with E-state index in [1.807, 2.05) is 0 Å². The smallest absolute Gasteiger partial charge is 0.407 e. The zero-order chi connectivity index (χ0) is 9.56. The molecule has 1 amide bonds. The van der Waals surface area contributed by atoms with E-state index in [9.17, 15) is 4.79 Å². The summed E-state index contributed by atoms with van der Waals surface area (Å²) in [6.45, 7) is 7.50. The molecular weight excluding hydrogens is 227 g/mol. The van der Waals surface area contributed by atoms with Crippen LogP contribution >= 0.6 is 24.8 Å². The molecule has 0 aromatic heterocycles. The van der Waals surface area contributed by atoms with Crippen molar-refractivity contribution >= 4 is 30.9 Å². The van der Waals surface area contributed by atoms with Gasteiger partial charge in [-0.15, -0.1) is 24.8 Å². The summed E-state index contributed by atoms with van der Waals surface area (Å²) in [4.78, 5) is 13.9. The first-order chi connectivity index (χ1) is 5.61. The summed E-state index contributed by atoms with van der Waals surface area (Å²) in [7, 11) is 1.59. The highest BCUT2D eigenvalue weighted by atomic mass is 35.5. The van der Waals surface area contributed by atoms with Gasteiger partial charge in [-0.25, -0.2) is 4.79 Å². The maximum Gasteiger partial charge on any atom is 0.407 e. The molecule has 6 heteroatoms. The van der Waals surface area contributed by atoms with E-state index in [-0.39, 0.29) is 24.8 Å². The van der Waals surface area contributed by atoms with Crippen molar-refractivity contribution in [2.24, 2.45) is 0 Å². The zero-order valence-electron chi connectivity index (χ0n) is 8.89. The molecule has 0 aliphatic carbocycles. The molecule has 0 heterocycles. The van der Waals surface area contributed by atoms with E-state index in [0.29, 0.717) is 6.54 Å². The van der Waals surface area contributed by atoms with E-state index >= 15 is 0 Å². The quantitative estimate of drug-likeness (QED) is 0.805. The lowest BCUT2D eigenvalue weighted by Crippen LogP contribution is -2.35. The second kappa shape index (κ2) is 10.9. The van der Waals surface area contributed by atoms with Crippen molar-refractivity contribution in [3.8, 4) is 0 Å². The Morgan fingerprint density at radius 3 is 1.86 bits per heavy atom. The summed E-state index contributed by atoms with van der Waals surface area (Å²) in [5, 5.41) is 8.55. The third-order valence-electron chi connectivity index (χ3n) is 1.97. The van der Waals surface area contributed by atoms with Crippen LogP contribution in [-0.4, -0.2) is 54.2 Å². The minimum Gasteiger partial charge on any atom is -0.465 e. The molecule has 14 heavy (non-hydrogen) atoms. The van der Waals surface area contributed by atoms with Crippen LogP contribution in [0, 0.1) is 0 Å². The fourth-order valence-electron chi connectivity index (χ4n) is 0.927. The maximum atomic E-state index is 10.4. The number of hydrogen-bond donors (Lipinski definition) is 1.